The van der Waals surface area contributed by atoms with Crippen molar-refractivity contribution in [3.05, 3.63) is 69.9 Å². The van der Waals surface area contributed by atoms with Crippen LogP contribution in [0.15, 0.2) is 47.4 Å². The molecule has 0 aliphatic heterocycles. The molecule has 5 nitrogen and oxygen atoms in total. The van der Waals surface area contributed by atoms with E-state index in [4.69, 9.17) is 0 Å². The first-order chi connectivity index (χ1) is 11.8. The van der Waals surface area contributed by atoms with Crippen molar-refractivity contribution in [2.75, 3.05) is 0 Å². The number of nitrogens with zero attached hydrogens (tertiary/aromatic N) is 3. The summed E-state index contributed by atoms with van der Waals surface area (Å²) in [7, 11) is 0. The first-order valence-corrected chi connectivity index (χ1v) is 7.55. The van der Waals surface area contributed by atoms with Gasteiger partial charge in [-0.05, 0) is 37.6 Å². The Morgan fingerprint density at radius 2 is 1.84 bits per heavy atom. The average Bonchev–Trinajstić information content (AvgIpc) is 3.02. The van der Waals surface area contributed by atoms with Crippen LogP contribution in [0.4, 0.5) is 13.2 Å². The summed E-state index contributed by atoms with van der Waals surface area (Å²) in [5, 5.41) is 4.24. The molecule has 8 heteroatoms. The highest BCUT2D eigenvalue weighted by Crippen LogP contribution is 2.31. The molecule has 0 saturated carbocycles. The van der Waals surface area contributed by atoms with Crippen LogP contribution in [0.1, 0.15) is 29.9 Å². The van der Waals surface area contributed by atoms with Crippen LogP contribution in [-0.2, 0) is 6.18 Å². The number of aryl methyl sites for hydroxylation is 1. The summed E-state index contributed by atoms with van der Waals surface area (Å²) < 4.78 is 39.7. The zero-order valence-electron chi connectivity index (χ0n) is 13.5. The molecule has 0 saturated heterocycles. The van der Waals surface area contributed by atoms with Gasteiger partial charge in [0.2, 0.25) is 0 Å². The van der Waals surface area contributed by atoms with E-state index in [-0.39, 0.29) is 11.6 Å². The van der Waals surface area contributed by atoms with E-state index < -0.39 is 11.7 Å². The van der Waals surface area contributed by atoms with E-state index in [0.29, 0.717) is 22.8 Å². The molecule has 0 bridgehead atoms. The lowest BCUT2D eigenvalue weighted by Crippen LogP contribution is -2.14. The maximum absolute atomic E-state index is 12.7. The van der Waals surface area contributed by atoms with Crippen LogP contribution < -0.4 is 5.56 Å². The van der Waals surface area contributed by atoms with E-state index in [9.17, 15) is 18.0 Å². The van der Waals surface area contributed by atoms with Gasteiger partial charge >= 0.3 is 6.18 Å². The van der Waals surface area contributed by atoms with Crippen LogP contribution in [0.5, 0.6) is 0 Å². The molecular weight excluding hydrogens is 333 g/mol. The van der Waals surface area contributed by atoms with Gasteiger partial charge in [0.25, 0.3) is 5.56 Å². The molecule has 1 N–H and O–H groups in total. The molecule has 2 heterocycles. The molecule has 25 heavy (non-hydrogen) atoms. The minimum Gasteiger partial charge on any atom is -0.311 e. The zero-order valence-corrected chi connectivity index (χ0v) is 13.5. The van der Waals surface area contributed by atoms with E-state index in [1.165, 1.54) is 18.2 Å². The molecule has 0 amide bonds. The van der Waals surface area contributed by atoms with E-state index in [2.05, 4.69) is 15.1 Å². The number of halogens is 3. The number of rotatable bonds is 3. The predicted molar refractivity (Wildman–Crippen MR) is 86.1 cm³/mol. The first-order valence-electron chi connectivity index (χ1n) is 7.55. The quantitative estimate of drug-likeness (QED) is 0.787. The Morgan fingerprint density at radius 3 is 2.44 bits per heavy atom. The molecule has 1 unspecified atom stereocenters. The molecule has 3 rings (SSSR count). The molecule has 0 aliphatic rings. The standard InChI is InChI=1S/C17H15F3N4O/c1-10(12-3-5-13(6-4-12)17(18,19)20)24-15(7-8-21-24)14-9-16(25)23-11(2)22-14/h3-10H,1-2H3,(H,22,23,25). The fourth-order valence-corrected chi connectivity index (χ4v) is 2.63. The van der Waals surface area contributed by atoms with Crippen LogP contribution in [0.25, 0.3) is 11.4 Å². The van der Waals surface area contributed by atoms with Crippen LogP contribution >= 0.6 is 0 Å². The zero-order chi connectivity index (χ0) is 18.2. The van der Waals surface area contributed by atoms with Gasteiger partial charge in [0, 0.05) is 12.3 Å². The lowest BCUT2D eigenvalue weighted by molar-refractivity contribution is -0.137. The molecular formula is C17H15F3N4O. The molecule has 3 aromatic rings. The highest BCUT2D eigenvalue weighted by molar-refractivity contribution is 5.54. The van der Waals surface area contributed by atoms with Gasteiger partial charge in [-0.25, -0.2) is 4.98 Å². The third-order valence-corrected chi connectivity index (χ3v) is 3.88. The second-order valence-electron chi connectivity index (χ2n) is 5.67. The van der Waals surface area contributed by atoms with Crippen molar-refractivity contribution in [3.8, 4) is 11.4 Å². The van der Waals surface area contributed by atoms with Crippen molar-refractivity contribution < 1.29 is 13.2 Å². The number of nitrogens with one attached hydrogen (secondary N) is 1. The summed E-state index contributed by atoms with van der Waals surface area (Å²) >= 11 is 0. The third-order valence-electron chi connectivity index (χ3n) is 3.88. The van der Waals surface area contributed by atoms with E-state index in [1.807, 2.05) is 6.92 Å². The van der Waals surface area contributed by atoms with E-state index in [1.54, 1.807) is 23.9 Å². The van der Waals surface area contributed by atoms with Crippen LogP contribution in [0, 0.1) is 6.92 Å². The number of hydrogen-bond donors (Lipinski definition) is 1. The van der Waals surface area contributed by atoms with Crippen LogP contribution in [-0.4, -0.2) is 19.7 Å². The Bertz CT molecular complexity index is 942. The molecule has 2 aromatic heterocycles. The number of H-pyrrole nitrogens is 1. The number of alkyl halides is 3. The summed E-state index contributed by atoms with van der Waals surface area (Å²) in [6.07, 6.45) is -2.81. The van der Waals surface area contributed by atoms with Crippen molar-refractivity contribution in [2.24, 2.45) is 0 Å². The molecule has 0 fully saturated rings. The molecule has 1 aromatic carbocycles. The fourth-order valence-electron chi connectivity index (χ4n) is 2.63. The summed E-state index contributed by atoms with van der Waals surface area (Å²) in [5.74, 6) is 0.470. The second kappa shape index (κ2) is 6.19. The third kappa shape index (κ3) is 3.47. The van der Waals surface area contributed by atoms with Crippen molar-refractivity contribution in [1.29, 1.82) is 0 Å². The fraction of sp³-hybridized carbons (Fsp3) is 0.235. The largest absolute Gasteiger partial charge is 0.416 e. The number of aromatic amines is 1. The average molecular weight is 348 g/mol. The van der Waals surface area contributed by atoms with Gasteiger partial charge < -0.3 is 4.98 Å². The molecule has 130 valence electrons. The predicted octanol–water partition coefficient (Wildman–Crippen LogP) is 3.57. The molecule has 0 radical (unpaired) electrons. The van der Waals surface area contributed by atoms with Gasteiger partial charge in [-0.1, -0.05) is 12.1 Å². The van der Waals surface area contributed by atoms with Crippen molar-refractivity contribution in [3.63, 3.8) is 0 Å². The molecule has 0 spiro atoms. The smallest absolute Gasteiger partial charge is 0.311 e. The minimum atomic E-state index is -4.37. The number of hydrogen-bond acceptors (Lipinski definition) is 3. The summed E-state index contributed by atoms with van der Waals surface area (Å²) in [4.78, 5) is 18.5. The Labute approximate surface area is 141 Å². The van der Waals surface area contributed by atoms with Crippen LogP contribution in [0.3, 0.4) is 0 Å². The number of benzene rings is 1. The monoisotopic (exact) mass is 348 g/mol. The minimum absolute atomic E-state index is 0.280. The van der Waals surface area contributed by atoms with Crippen LogP contribution in [0.2, 0.25) is 0 Å². The SMILES string of the molecule is Cc1nc(-c2ccnn2C(C)c2ccc(C(F)(F)F)cc2)cc(=O)[nH]1. The Balaban J connectivity index is 1.98. The lowest BCUT2D eigenvalue weighted by Gasteiger charge is -2.17. The summed E-state index contributed by atoms with van der Waals surface area (Å²) in [5.41, 5.74) is 0.757. The Kier molecular flexibility index (Phi) is 4.20. The lowest BCUT2D eigenvalue weighted by atomic mass is 10.1. The molecule has 0 aliphatic carbocycles. The highest BCUT2D eigenvalue weighted by atomic mass is 19.4. The van der Waals surface area contributed by atoms with Crippen molar-refractivity contribution in [2.45, 2.75) is 26.1 Å². The highest BCUT2D eigenvalue weighted by Gasteiger charge is 2.30. The second-order valence-corrected chi connectivity index (χ2v) is 5.67. The first kappa shape index (κ1) is 16.9. The van der Waals surface area contributed by atoms with Gasteiger partial charge in [0.15, 0.2) is 0 Å². The maximum Gasteiger partial charge on any atom is 0.416 e. The van der Waals surface area contributed by atoms with E-state index >= 15 is 0 Å². The topological polar surface area (TPSA) is 63.6 Å². The van der Waals surface area contributed by atoms with Crippen molar-refractivity contribution >= 4 is 0 Å². The van der Waals surface area contributed by atoms with Crippen molar-refractivity contribution in [1.82, 2.24) is 19.7 Å². The van der Waals surface area contributed by atoms with Gasteiger partial charge in [-0.15, -0.1) is 0 Å². The van der Waals surface area contributed by atoms with Gasteiger partial charge in [0.1, 0.15) is 5.82 Å². The molecule has 1 atom stereocenters. The maximum atomic E-state index is 12.7. The Hall–Kier alpha value is -2.90. The van der Waals surface area contributed by atoms with Gasteiger partial charge in [-0.3, -0.25) is 9.48 Å². The van der Waals surface area contributed by atoms with E-state index in [0.717, 1.165) is 12.1 Å². The van der Waals surface area contributed by atoms with Gasteiger partial charge in [0.05, 0.1) is 23.0 Å². The normalized spacial score (nSPS) is 13.0. The summed E-state index contributed by atoms with van der Waals surface area (Å²) in [6.45, 7) is 3.49. The number of aromatic nitrogens is 4. The van der Waals surface area contributed by atoms with Gasteiger partial charge in [-0.2, -0.15) is 18.3 Å². The Morgan fingerprint density at radius 1 is 1.16 bits per heavy atom. The summed E-state index contributed by atoms with van der Waals surface area (Å²) in [6, 6.07) is 7.69.